The molecule has 2 heterocycles. The molecule has 0 aliphatic carbocycles. The van der Waals surface area contributed by atoms with Gasteiger partial charge in [0, 0.05) is 40.9 Å². The van der Waals surface area contributed by atoms with Crippen molar-refractivity contribution in [3.8, 4) is 11.3 Å². The summed E-state index contributed by atoms with van der Waals surface area (Å²) >= 11 is 5.38. The van der Waals surface area contributed by atoms with Crippen LogP contribution in [0.2, 0.25) is 0 Å². The highest BCUT2D eigenvalue weighted by atomic mass is 79.9. The number of nitrogens with zero attached hydrogens (tertiary/aromatic N) is 4. The predicted molar refractivity (Wildman–Crippen MR) is 119 cm³/mol. The summed E-state index contributed by atoms with van der Waals surface area (Å²) in [5, 5.41) is 2.20. The lowest BCUT2D eigenvalue weighted by atomic mass is 10.2. The standard InChI is InChI=1S/C22H21BrN4S/c1-17-7-9-18(10-8-17)25-22-27(13-4-12-26-14-11-24-16-26)21(15-28-22)19-5-2-3-6-20(19)23/h2-3,5-11,14-16H,4,12-13H2,1H3. The molecule has 0 bridgehead atoms. The number of aryl methyl sites for hydroxylation is 2. The topological polar surface area (TPSA) is 35.1 Å². The van der Waals surface area contributed by atoms with E-state index in [1.54, 1.807) is 11.3 Å². The summed E-state index contributed by atoms with van der Waals surface area (Å²) in [4.78, 5) is 10.1. The van der Waals surface area contributed by atoms with Gasteiger partial charge in [-0.2, -0.15) is 0 Å². The molecule has 0 unspecified atom stereocenters. The van der Waals surface area contributed by atoms with Crippen molar-refractivity contribution >= 4 is 33.0 Å². The normalized spacial score (nSPS) is 11.9. The average molecular weight is 453 g/mol. The Bertz CT molecular complexity index is 1110. The van der Waals surface area contributed by atoms with Crippen LogP contribution < -0.4 is 4.80 Å². The lowest BCUT2D eigenvalue weighted by Crippen LogP contribution is -2.17. The van der Waals surface area contributed by atoms with Gasteiger partial charge in [0.15, 0.2) is 4.80 Å². The Labute approximate surface area is 177 Å². The maximum Gasteiger partial charge on any atom is 0.190 e. The van der Waals surface area contributed by atoms with Crippen molar-refractivity contribution in [1.82, 2.24) is 14.1 Å². The summed E-state index contributed by atoms with van der Waals surface area (Å²) in [5.41, 5.74) is 4.60. The second-order valence-corrected chi connectivity index (χ2v) is 8.33. The number of thiazole rings is 1. The maximum atomic E-state index is 4.92. The lowest BCUT2D eigenvalue weighted by molar-refractivity contribution is 0.559. The van der Waals surface area contributed by atoms with E-state index in [9.17, 15) is 0 Å². The quantitative estimate of drug-likeness (QED) is 0.363. The van der Waals surface area contributed by atoms with E-state index in [-0.39, 0.29) is 0 Å². The summed E-state index contributed by atoms with van der Waals surface area (Å²) in [5.74, 6) is 0. The van der Waals surface area contributed by atoms with Crippen molar-refractivity contribution < 1.29 is 0 Å². The van der Waals surface area contributed by atoms with E-state index in [2.05, 4.69) is 84.8 Å². The highest BCUT2D eigenvalue weighted by Gasteiger charge is 2.11. The highest BCUT2D eigenvalue weighted by Crippen LogP contribution is 2.28. The van der Waals surface area contributed by atoms with E-state index in [0.717, 1.165) is 34.5 Å². The Hall–Kier alpha value is -2.44. The first kappa shape index (κ1) is 18.9. The third kappa shape index (κ3) is 4.34. The molecule has 0 saturated heterocycles. The third-order valence-corrected chi connectivity index (χ3v) is 6.12. The van der Waals surface area contributed by atoms with Gasteiger partial charge in [-0.05, 0) is 31.5 Å². The van der Waals surface area contributed by atoms with Crippen molar-refractivity contribution in [2.24, 2.45) is 4.99 Å². The summed E-state index contributed by atoms with van der Waals surface area (Å²) < 4.78 is 5.53. The summed E-state index contributed by atoms with van der Waals surface area (Å²) in [6.07, 6.45) is 6.70. The SMILES string of the molecule is Cc1ccc(N=c2scc(-c3ccccc3Br)n2CCCn2ccnc2)cc1. The van der Waals surface area contributed by atoms with Crippen LogP contribution in [0, 0.1) is 6.92 Å². The number of rotatable bonds is 6. The Balaban J connectivity index is 1.71. The molecule has 0 spiro atoms. The number of imidazole rings is 1. The van der Waals surface area contributed by atoms with Crippen molar-refractivity contribution in [2.45, 2.75) is 26.4 Å². The molecule has 0 aliphatic heterocycles. The fourth-order valence-electron chi connectivity index (χ4n) is 3.08. The van der Waals surface area contributed by atoms with Gasteiger partial charge in [0.05, 0.1) is 17.7 Å². The van der Waals surface area contributed by atoms with Crippen LogP contribution >= 0.6 is 27.3 Å². The van der Waals surface area contributed by atoms with Crippen LogP contribution in [0.3, 0.4) is 0 Å². The maximum absolute atomic E-state index is 4.92. The minimum absolute atomic E-state index is 0.892. The first-order valence-electron chi connectivity index (χ1n) is 9.21. The average Bonchev–Trinajstić information content (AvgIpc) is 3.35. The van der Waals surface area contributed by atoms with Crippen molar-refractivity contribution in [3.05, 3.63) is 87.5 Å². The molecule has 2 aromatic carbocycles. The van der Waals surface area contributed by atoms with Gasteiger partial charge in [-0.25, -0.2) is 9.98 Å². The molecule has 4 rings (SSSR count). The molecule has 142 valence electrons. The van der Waals surface area contributed by atoms with Crippen LogP contribution in [-0.4, -0.2) is 14.1 Å². The smallest absolute Gasteiger partial charge is 0.190 e. The highest BCUT2D eigenvalue weighted by molar-refractivity contribution is 9.10. The molecule has 0 atom stereocenters. The van der Waals surface area contributed by atoms with Gasteiger partial charge in [-0.3, -0.25) is 0 Å². The first-order chi connectivity index (χ1) is 13.7. The molecule has 0 N–H and O–H groups in total. The zero-order chi connectivity index (χ0) is 19.3. The van der Waals surface area contributed by atoms with Crippen LogP contribution in [-0.2, 0) is 13.1 Å². The van der Waals surface area contributed by atoms with Crippen LogP contribution in [0.1, 0.15) is 12.0 Å². The minimum atomic E-state index is 0.892. The minimum Gasteiger partial charge on any atom is -0.337 e. The molecule has 4 aromatic rings. The lowest BCUT2D eigenvalue weighted by Gasteiger charge is -2.11. The van der Waals surface area contributed by atoms with Crippen molar-refractivity contribution in [1.29, 1.82) is 0 Å². The predicted octanol–water partition coefficient (Wildman–Crippen LogP) is 5.81. The van der Waals surface area contributed by atoms with Crippen LogP contribution in [0.5, 0.6) is 0 Å². The van der Waals surface area contributed by atoms with Crippen LogP contribution in [0.4, 0.5) is 5.69 Å². The summed E-state index contributed by atoms with van der Waals surface area (Å²) in [7, 11) is 0. The summed E-state index contributed by atoms with van der Waals surface area (Å²) in [6, 6.07) is 16.7. The van der Waals surface area contributed by atoms with Gasteiger partial charge in [-0.1, -0.05) is 51.8 Å². The largest absolute Gasteiger partial charge is 0.337 e. The van der Waals surface area contributed by atoms with E-state index in [4.69, 9.17) is 4.99 Å². The van der Waals surface area contributed by atoms with Gasteiger partial charge in [0.1, 0.15) is 0 Å². The molecular formula is C22H21BrN4S. The van der Waals surface area contributed by atoms with E-state index in [0.29, 0.717) is 0 Å². The zero-order valence-corrected chi connectivity index (χ0v) is 18.0. The molecule has 4 nitrogen and oxygen atoms in total. The fraction of sp³-hybridized carbons (Fsp3) is 0.182. The van der Waals surface area contributed by atoms with E-state index in [1.165, 1.54) is 16.8 Å². The Kier molecular flexibility index (Phi) is 5.88. The molecule has 0 radical (unpaired) electrons. The van der Waals surface area contributed by atoms with Gasteiger partial charge < -0.3 is 9.13 Å². The molecular weight excluding hydrogens is 432 g/mol. The second kappa shape index (κ2) is 8.71. The molecule has 28 heavy (non-hydrogen) atoms. The zero-order valence-electron chi connectivity index (χ0n) is 15.6. The number of hydrogen-bond acceptors (Lipinski definition) is 3. The molecule has 0 amide bonds. The second-order valence-electron chi connectivity index (χ2n) is 6.64. The van der Waals surface area contributed by atoms with Crippen LogP contribution in [0.25, 0.3) is 11.3 Å². The van der Waals surface area contributed by atoms with Crippen molar-refractivity contribution in [2.75, 3.05) is 0 Å². The number of halogens is 1. The van der Waals surface area contributed by atoms with Crippen LogP contribution in [0.15, 0.2) is 82.1 Å². The number of benzene rings is 2. The number of aromatic nitrogens is 3. The van der Waals surface area contributed by atoms with Gasteiger partial charge >= 0.3 is 0 Å². The Morgan fingerprint density at radius 1 is 1.07 bits per heavy atom. The third-order valence-electron chi connectivity index (χ3n) is 4.56. The molecule has 2 aromatic heterocycles. The van der Waals surface area contributed by atoms with Crippen molar-refractivity contribution in [3.63, 3.8) is 0 Å². The Morgan fingerprint density at radius 3 is 2.64 bits per heavy atom. The van der Waals surface area contributed by atoms with Gasteiger partial charge in [0.2, 0.25) is 0 Å². The van der Waals surface area contributed by atoms with E-state index >= 15 is 0 Å². The Morgan fingerprint density at radius 2 is 1.89 bits per heavy atom. The first-order valence-corrected chi connectivity index (χ1v) is 10.9. The van der Waals surface area contributed by atoms with E-state index < -0.39 is 0 Å². The van der Waals surface area contributed by atoms with Gasteiger partial charge in [0.25, 0.3) is 0 Å². The molecule has 0 fully saturated rings. The van der Waals surface area contributed by atoms with Gasteiger partial charge in [-0.15, -0.1) is 11.3 Å². The van der Waals surface area contributed by atoms with E-state index in [1.807, 2.05) is 24.8 Å². The molecule has 6 heteroatoms. The monoisotopic (exact) mass is 452 g/mol. The number of hydrogen-bond donors (Lipinski definition) is 0. The fourth-order valence-corrected chi connectivity index (χ4v) is 4.51. The molecule has 0 saturated carbocycles. The molecule has 0 aliphatic rings. The summed E-state index contributed by atoms with van der Waals surface area (Å²) in [6.45, 7) is 3.92.